The minimum atomic E-state index is 0.177. The van der Waals surface area contributed by atoms with Crippen molar-refractivity contribution in [3.8, 4) is 5.75 Å². The van der Waals surface area contributed by atoms with Crippen LogP contribution in [0.4, 0.5) is 0 Å². The molecule has 1 atom stereocenters. The first-order valence-corrected chi connectivity index (χ1v) is 7.49. The molecule has 1 heterocycles. The topological polar surface area (TPSA) is 34.1 Å². The van der Waals surface area contributed by atoms with Crippen molar-refractivity contribution >= 4 is 23.4 Å². The van der Waals surface area contributed by atoms with Gasteiger partial charge in [-0.1, -0.05) is 29.4 Å². The molecule has 20 heavy (non-hydrogen) atoms. The van der Waals surface area contributed by atoms with E-state index in [1.54, 1.807) is 25.1 Å². The van der Waals surface area contributed by atoms with Crippen LogP contribution in [-0.4, -0.2) is 19.1 Å². The van der Waals surface area contributed by atoms with E-state index >= 15 is 0 Å². The van der Waals surface area contributed by atoms with Gasteiger partial charge in [0.2, 0.25) is 0 Å². The number of benzene rings is 1. The average molecular weight is 309 g/mol. The van der Waals surface area contributed by atoms with Crippen LogP contribution in [0.25, 0.3) is 0 Å². The minimum absolute atomic E-state index is 0.177. The quantitative estimate of drug-likeness (QED) is 0.898. The minimum Gasteiger partial charge on any atom is -0.496 e. The molecule has 1 N–H and O–H groups in total. The summed E-state index contributed by atoms with van der Waals surface area (Å²) in [7, 11) is 3.61. The van der Waals surface area contributed by atoms with E-state index in [-0.39, 0.29) is 6.04 Å². The van der Waals surface area contributed by atoms with E-state index in [0.29, 0.717) is 5.02 Å². The van der Waals surface area contributed by atoms with E-state index in [1.165, 1.54) is 0 Å². The van der Waals surface area contributed by atoms with Crippen molar-refractivity contribution in [2.24, 2.45) is 0 Å². The van der Waals surface area contributed by atoms with Crippen LogP contribution in [0.5, 0.6) is 5.75 Å². The van der Waals surface area contributed by atoms with Crippen molar-refractivity contribution < 1.29 is 4.74 Å². The summed E-state index contributed by atoms with van der Waals surface area (Å²) < 4.78 is 5.47. The molecule has 0 saturated heterocycles. The lowest BCUT2D eigenvalue weighted by Crippen LogP contribution is -2.14. The third-order valence-electron chi connectivity index (χ3n) is 3.04. The number of nitrogens with zero attached hydrogens (tertiary/aromatic N) is 1. The molecule has 0 fully saturated rings. The molecule has 1 aromatic carbocycles. The Bertz CT molecular complexity index is 592. The molecule has 0 aliphatic rings. The van der Waals surface area contributed by atoms with Gasteiger partial charge in [-0.3, -0.25) is 0 Å². The molecule has 1 unspecified atom stereocenters. The van der Waals surface area contributed by atoms with Crippen molar-refractivity contribution in [3.63, 3.8) is 0 Å². The summed E-state index contributed by atoms with van der Waals surface area (Å²) in [5, 5.41) is 4.70. The second-order valence-electron chi connectivity index (χ2n) is 4.27. The predicted octanol–water partition coefficient (Wildman–Crippen LogP) is 4.18. The molecular formula is C15H17ClN2OS. The maximum Gasteiger partial charge on any atom is 0.124 e. The molecule has 0 aliphatic heterocycles. The Labute approximate surface area is 128 Å². The van der Waals surface area contributed by atoms with Crippen LogP contribution in [-0.2, 0) is 0 Å². The molecule has 106 valence electrons. The van der Waals surface area contributed by atoms with Crippen LogP contribution in [0.15, 0.2) is 46.5 Å². The molecule has 0 saturated carbocycles. The molecule has 0 spiro atoms. The van der Waals surface area contributed by atoms with Gasteiger partial charge in [0.25, 0.3) is 0 Å². The van der Waals surface area contributed by atoms with E-state index in [1.807, 2.05) is 31.3 Å². The normalized spacial score (nSPS) is 12.2. The van der Waals surface area contributed by atoms with E-state index in [4.69, 9.17) is 16.3 Å². The van der Waals surface area contributed by atoms with E-state index in [2.05, 4.69) is 23.3 Å². The van der Waals surface area contributed by atoms with E-state index < -0.39 is 0 Å². The number of pyridine rings is 1. The van der Waals surface area contributed by atoms with Gasteiger partial charge in [0.15, 0.2) is 0 Å². The lowest BCUT2D eigenvalue weighted by molar-refractivity contribution is 0.401. The second kappa shape index (κ2) is 6.97. The number of hydrogen-bond acceptors (Lipinski definition) is 4. The molecule has 0 bridgehead atoms. The highest BCUT2D eigenvalue weighted by atomic mass is 35.5. The van der Waals surface area contributed by atoms with E-state index in [9.17, 15) is 0 Å². The Morgan fingerprint density at radius 1 is 1.30 bits per heavy atom. The van der Waals surface area contributed by atoms with Gasteiger partial charge >= 0.3 is 0 Å². The molecule has 5 heteroatoms. The van der Waals surface area contributed by atoms with Crippen molar-refractivity contribution in [3.05, 3.63) is 47.1 Å². The monoisotopic (exact) mass is 308 g/mol. The first kappa shape index (κ1) is 15.2. The fourth-order valence-corrected chi connectivity index (χ4v) is 3.17. The van der Waals surface area contributed by atoms with Gasteiger partial charge in [0.1, 0.15) is 10.8 Å². The van der Waals surface area contributed by atoms with Gasteiger partial charge < -0.3 is 10.1 Å². The number of ether oxygens (including phenoxy) is 1. The highest BCUT2D eigenvalue weighted by molar-refractivity contribution is 7.99. The standard InChI is InChI=1S/C15H17ClN2OS/c1-10(17-2)14-12(19-3)7-4-8-13(14)20-15-11(16)6-5-9-18-15/h4-10,17H,1-3H3. The molecule has 0 radical (unpaired) electrons. The Balaban J connectivity index is 2.43. The second-order valence-corrected chi connectivity index (χ2v) is 5.71. The third-order valence-corrected chi connectivity index (χ3v) is 4.56. The number of methoxy groups -OCH3 is 1. The molecular weight excluding hydrogens is 292 g/mol. The van der Waals surface area contributed by atoms with Crippen molar-refractivity contribution in [1.29, 1.82) is 0 Å². The molecule has 0 amide bonds. The summed E-state index contributed by atoms with van der Waals surface area (Å²) >= 11 is 7.73. The van der Waals surface area contributed by atoms with Crippen molar-refractivity contribution in [1.82, 2.24) is 10.3 Å². The molecule has 3 nitrogen and oxygen atoms in total. The molecule has 1 aromatic heterocycles. The number of hydrogen-bond donors (Lipinski definition) is 1. The Morgan fingerprint density at radius 2 is 2.10 bits per heavy atom. The van der Waals surface area contributed by atoms with Gasteiger partial charge in [0, 0.05) is 22.7 Å². The van der Waals surface area contributed by atoms with Crippen LogP contribution in [0.2, 0.25) is 5.02 Å². The maximum absolute atomic E-state index is 6.18. The van der Waals surface area contributed by atoms with Crippen LogP contribution in [0.3, 0.4) is 0 Å². The molecule has 0 aliphatic carbocycles. The summed E-state index contributed by atoms with van der Waals surface area (Å²) in [5.41, 5.74) is 1.12. The first-order chi connectivity index (χ1) is 9.67. The SMILES string of the molecule is CNC(C)c1c(OC)cccc1Sc1ncccc1Cl. The summed E-state index contributed by atoms with van der Waals surface area (Å²) in [5.74, 6) is 0.865. The number of nitrogens with one attached hydrogen (secondary N) is 1. The zero-order valence-corrected chi connectivity index (χ0v) is 13.3. The smallest absolute Gasteiger partial charge is 0.124 e. The number of rotatable bonds is 5. The van der Waals surface area contributed by atoms with Crippen LogP contribution in [0, 0.1) is 0 Å². The Kier molecular flexibility index (Phi) is 5.29. The summed E-state index contributed by atoms with van der Waals surface area (Å²) in [4.78, 5) is 5.41. The lowest BCUT2D eigenvalue weighted by Gasteiger charge is -2.19. The summed E-state index contributed by atoms with van der Waals surface area (Å²) in [6.45, 7) is 2.10. The van der Waals surface area contributed by atoms with Crippen molar-refractivity contribution in [2.75, 3.05) is 14.2 Å². The fraction of sp³-hybridized carbons (Fsp3) is 0.267. The van der Waals surface area contributed by atoms with Gasteiger partial charge in [-0.15, -0.1) is 0 Å². The van der Waals surface area contributed by atoms with Crippen LogP contribution >= 0.6 is 23.4 Å². The van der Waals surface area contributed by atoms with Crippen LogP contribution in [0.1, 0.15) is 18.5 Å². The lowest BCUT2D eigenvalue weighted by atomic mass is 10.1. The van der Waals surface area contributed by atoms with Crippen molar-refractivity contribution in [2.45, 2.75) is 22.9 Å². The summed E-state index contributed by atoms with van der Waals surface area (Å²) in [6, 6.07) is 9.85. The average Bonchev–Trinajstić information content (AvgIpc) is 2.48. The first-order valence-electron chi connectivity index (χ1n) is 6.30. The predicted molar refractivity (Wildman–Crippen MR) is 83.8 cm³/mol. The highest BCUT2D eigenvalue weighted by Crippen LogP contribution is 2.39. The molecule has 2 aromatic rings. The van der Waals surface area contributed by atoms with Gasteiger partial charge in [-0.25, -0.2) is 4.98 Å². The third kappa shape index (κ3) is 3.26. The van der Waals surface area contributed by atoms with Crippen LogP contribution < -0.4 is 10.1 Å². The zero-order valence-electron chi connectivity index (χ0n) is 11.7. The fourth-order valence-electron chi connectivity index (χ4n) is 1.91. The zero-order chi connectivity index (χ0) is 14.5. The number of aromatic nitrogens is 1. The Morgan fingerprint density at radius 3 is 2.75 bits per heavy atom. The maximum atomic E-state index is 6.18. The molecule has 2 rings (SSSR count). The largest absolute Gasteiger partial charge is 0.496 e. The summed E-state index contributed by atoms with van der Waals surface area (Å²) in [6.07, 6.45) is 1.75. The highest BCUT2D eigenvalue weighted by Gasteiger charge is 2.16. The Hall–Kier alpha value is -1.23. The van der Waals surface area contributed by atoms with Gasteiger partial charge in [-0.2, -0.15) is 0 Å². The van der Waals surface area contributed by atoms with Gasteiger partial charge in [-0.05, 0) is 38.2 Å². The van der Waals surface area contributed by atoms with Gasteiger partial charge in [0.05, 0.1) is 12.1 Å². The number of halogens is 1. The van der Waals surface area contributed by atoms with E-state index in [0.717, 1.165) is 21.2 Å².